The summed E-state index contributed by atoms with van der Waals surface area (Å²) in [6, 6.07) is 23.1. The topological polar surface area (TPSA) is 79.8 Å². The van der Waals surface area contributed by atoms with Crippen LogP contribution in [0.5, 0.6) is 5.75 Å². The van der Waals surface area contributed by atoms with E-state index in [0.29, 0.717) is 29.4 Å². The highest BCUT2D eigenvalue weighted by atomic mass is 35.5. The number of benzene rings is 3. The van der Waals surface area contributed by atoms with E-state index in [4.69, 9.17) is 16.3 Å². The van der Waals surface area contributed by atoms with Crippen LogP contribution in [0.25, 0.3) is 0 Å². The lowest BCUT2D eigenvalue weighted by molar-refractivity contribution is -0.123. The molecule has 0 aliphatic rings. The second-order valence-corrected chi connectivity index (χ2v) is 8.65. The van der Waals surface area contributed by atoms with E-state index >= 15 is 0 Å². The van der Waals surface area contributed by atoms with Gasteiger partial charge in [-0.2, -0.15) is 5.10 Å². The van der Waals surface area contributed by atoms with Crippen LogP contribution in [-0.2, 0) is 11.4 Å². The van der Waals surface area contributed by atoms with E-state index < -0.39 is 11.9 Å². The quantitative estimate of drug-likeness (QED) is 0.310. The Morgan fingerprint density at radius 1 is 0.971 bits per heavy atom. The minimum absolute atomic E-state index is 0.192. The molecular formula is C27H28ClN3O3. The number of ether oxygens (including phenoxy) is 1. The fourth-order valence-corrected chi connectivity index (χ4v) is 3.37. The first kappa shape index (κ1) is 25.0. The molecule has 0 heterocycles. The molecule has 3 aromatic carbocycles. The highest BCUT2D eigenvalue weighted by Gasteiger charge is 2.22. The first-order valence-electron chi connectivity index (χ1n) is 11.1. The van der Waals surface area contributed by atoms with Gasteiger partial charge in [0.2, 0.25) is 0 Å². The molecule has 34 heavy (non-hydrogen) atoms. The summed E-state index contributed by atoms with van der Waals surface area (Å²) in [5.41, 5.74) is 4.75. The van der Waals surface area contributed by atoms with E-state index in [1.54, 1.807) is 24.3 Å². The van der Waals surface area contributed by atoms with E-state index in [9.17, 15) is 9.59 Å². The molecule has 3 rings (SSSR count). The molecule has 0 aliphatic carbocycles. The molecule has 6 nitrogen and oxygen atoms in total. The fourth-order valence-electron chi connectivity index (χ4n) is 3.24. The fraction of sp³-hybridized carbons (Fsp3) is 0.222. The lowest BCUT2D eigenvalue weighted by Gasteiger charge is -2.19. The molecule has 0 spiro atoms. The van der Waals surface area contributed by atoms with Crippen LogP contribution < -0.4 is 15.5 Å². The Morgan fingerprint density at radius 2 is 1.65 bits per heavy atom. The van der Waals surface area contributed by atoms with Crippen LogP contribution in [0.2, 0.25) is 5.02 Å². The Bertz CT molecular complexity index is 1120. The lowest BCUT2D eigenvalue weighted by atomic mass is 10.0. The number of hydrogen-bond donors (Lipinski definition) is 2. The number of nitrogens with zero attached hydrogens (tertiary/aromatic N) is 1. The smallest absolute Gasteiger partial charge is 0.262 e. The molecule has 0 bridgehead atoms. The molecule has 0 fully saturated rings. The van der Waals surface area contributed by atoms with Gasteiger partial charge in [0.05, 0.1) is 6.21 Å². The van der Waals surface area contributed by atoms with Crippen molar-refractivity contribution in [2.75, 3.05) is 0 Å². The molecule has 0 saturated carbocycles. The third-order valence-corrected chi connectivity index (χ3v) is 5.22. The van der Waals surface area contributed by atoms with Crippen molar-refractivity contribution in [3.8, 4) is 5.75 Å². The van der Waals surface area contributed by atoms with Crippen LogP contribution in [0.4, 0.5) is 0 Å². The van der Waals surface area contributed by atoms with Gasteiger partial charge >= 0.3 is 0 Å². The van der Waals surface area contributed by atoms with Crippen molar-refractivity contribution in [1.82, 2.24) is 10.7 Å². The zero-order valence-electron chi connectivity index (χ0n) is 19.2. The molecule has 0 aliphatic heterocycles. The zero-order chi connectivity index (χ0) is 24.3. The maximum absolute atomic E-state index is 12.8. The normalized spacial score (nSPS) is 11.9. The summed E-state index contributed by atoms with van der Waals surface area (Å²) in [6.45, 7) is 4.39. The molecule has 0 radical (unpaired) electrons. The Morgan fingerprint density at radius 3 is 2.35 bits per heavy atom. The van der Waals surface area contributed by atoms with E-state index in [1.165, 1.54) is 6.21 Å². The van der Waals surface area contributed by atoms with Crippen LogP contribution in [0.1, 0.15) is 41.8 Å². The van der Waals surface area contributed by atoms with Gasteiger partial charge in [-0.25, -0.2) is 5.43 Å². The molecule has 7 heteroatoms. The summed E-state index contributed by atoms with van der Waals surface area (Å²) in [7, 11) is 0. The molecule has 3 aromatic rings. The number of nitrogens with one attached hydrogen (secondary N) is 2. The van der Waals surface area contributed by atoms with Crippen LogP contribution in [0.3, 0.4) is 0 Å². The SMILES string of the molecule is CC(C)CC(NC(=O)c1ccc(Cl)cc1)C(=O)N/N=C/c1ccccc1OCc1ccccc1. The van der Waals surface area contributed by atoms with Gasteiger partial charge in [-0.1, -0.05) is 67.9 Å². The summed E-state index contributed by atoms with van der Waals surface area (Å²) >= 11 is 5.89. The van der Waals surface area contributed by atoms with Crippen LogP contribution in [0.15, 0.2) is 84.0 Å². The van der Waals surface area contributed by atoms with E-state index in [-0.39, 0.29) is 11.8 Å². The molecular weight excluding hydrogens is 450 g/mol. The monoisotopic (exact) mass is 477 g/mol. The largest absolute Gasteiger partial charge is 0.488 e. The summed E-state index contributed by atoms with van der Waals surface area (Å²) < 4.78 is 5.92. The standard InChI is InChI=1S/C27H28ClN3O3/c1-19(2)16-24(30-26(32)21-12-14-23(28)15-13-21)27(33)31-29-17-22-10-6-7-11-25(22)34-18-20-8-4-3-5-9-20/h3-15,17,19,24H,16,18H2,1-2H3,(H,30,32)(H,31,33)/b29-17+. The number of carbonyl (C=O) groups excluding carboxylic acids is 2. The maximum atomic E-state index is 12.8. The molecule has 1 unspecified atom stereocenters. The van der Waals surface area contributed by atoms with Crippen molar-refractivity contribution in [3.63, 3.8) is 0 Å². The second-order valence-electron chi connectivity index (χ2n) is 8.21. The third kappa shape index (κ3) is 7.74. The van der Waals surface area contributed by atoms with Gasteiger partial charge in [0.1, 0.15) is 18.4 Å². The van der Waals surface area contributed by atoms with Gasteiger partial charge in [-0.05, 0) is 54.3 Å². The van der Waals surface area contributed by atoms with Crippen molar-refractivity contribution >= 4 is 29.6 Å². The first-order valence-corrected chi connectivity index (χ1v) is 11.4. The minimum atomic E-state index is -0.732. The van der Waals surface area contributed by atoms with Gasteiger partial charge in [-0.15, -0.1) is 0 Å². The molecule has 176 valence electrons. The summed E-state index contributed by atoms with van der Waals surface area (Å²) in [6.07, 6.45) is 2.00. The van der Waals surface area contributed by atoms with E-state index in [2.05, 4.69) is 15.8 Å². The Labute approximate surface area is 205 Å². The number of para-hydroxylation sites is 1. The predicted octanol–water partition coefficient (Wildman–Crippen LogP) is 5.21. The molecule has 0 saturated heterocycles. The molecule has 2 N–H and O–H groups in total. The summed E-state index contributed by atoms with van der Waals surface area (Å²) in [5.74, 6) is 0.104. The van der Waals surface area contributed by atoms with Crippen molar-refractivity contribution in [1.29, 1.82) is 0 Å². The number of carbonyl (C=O) groups is 2. The minimum Gasteiger partial charge on any atom is -0.488 e. The number of amides is 2. The van der Waals surface area contributed by atoms with Crippen molar-refractivity contribution in [2.45, 2.75) is 32.9 Å². The average molecular weight is 478 g/mol. The summed E-state index contributed by atoms with van der Waals surface area (Å²) in [4.78, 5) is 25.4. The predicted molar refractivity (Wildman–Crippen MR) is 135 cm³/mol. The van der Waals surface area contributed by atoms with Crippen LogP contribution >= 0.6 is 11.6 Å². The molecule has 0 aromatic heterocycles. The second kappa shape index (κ2) is 12.6. The van der Waals surface area contributed by atoms with Gasteiger partial charge in [0.15, 0.2) is 0 Å². The van der Waals surface area contributed by atoms with E-state index in [0.717, 1.165) is 11.1 Å². The molecule has 2 amide bonds. The van der Waals surface area contributed by atoms with Crippen LogP contribution in [0, 0.1) is 5.92 Å². The Hall–Kier alpha value is -3.64. The number of hydrogen-bond acceptors (Lipinski definition) is 4. The number of hydrazone groups is 1. The zero-order valence-corrected chi connectivity index (χ0v) is 20.0. The highest BCUT2D eigenvalue weighted by Crippen LogP contribution is 2.17. The maximum Gasteiger partial charge on any atom is 0.262 e. The van der Waals surface area contributed by atoms with E-state index in [1.807, 2.05) is 68.4 Å². The third-order valence-electron chi connectivity index (χ3n) is 4.97. The van der Waals surface area contributed by atoms with Gasteiger partial charge in [0, 0.05) is 16.1 Å². The van der Waals surface area contributed by atoms with Crippen molar-refractivity contribution in [3.05, 3.63) is 101 Å². The van der Waals surface area contributed by atoms with Crippen molar-refractivity contribution < 1.29 is 14.3 Å². The molecule has 1 atom stereocenters. The van der Waals surface area contributed by atoms with Crippen molar-refractivity contribution in [2.24, 2.45) is 11.0 Å². The average Bonchev–Trinajstić information content (AvgIpc) is 2.83. The van der Waals surface area contributed by atoms with Gasteiger partial charge < -0.3 is 10.1 Å². The van der Waals surface area contributed by atoms with Crippen LogP contribution in [-0.4, -0.2) is 24.1 Å². The van der Waals surface area contributed by atoms with Gasteiger partial charge in [0.25, 0.3) is 11.8 Å². The lowest BCUT2D eigenvalue weighted by Crippen LogP contribution is -2.46. The number of rotatable bonds is 10. The Balaban J connectivity index is 1.63. The first-order chi connectivity index (χ1) is 16.4. The highest BCUT2D eigenvalue weighted by molar-refractivity contribution is 6.30. The number of halogens is 1. The summed E-state index contributed by atoms with van der Waals surface area (Å²) in [5, 5.41) is 7.43. The van der Waals surface area contributed by atoms with Gasteiger partial charge in [-0.3, -0.25) is 9.59 Å². The Kier molecular flexibility index (Phi) is 9.23.